The highest BCUT2D eigenvalue weighted by Gasteiger charge is 2.15. The molecule has 1 N–H and O–H groups in total. The van der Waals surface area contributed by atoms with E-state index in [1.807, 2.05) is 49.4 Å². The molecule has 7 nitrogen and oxygen atoms in total. The Morgan fingerprint density at radius 2 is 2.11 bits per heavy atom. The Hall–Kier alpha value is -2.87. The van der Waals surface area contributed by atoms with Crippen molar-refractivity contribution in [2.75, 3.05) is 18.2 Å². The molecular weight excluding hydrogens is 362 g/mol. The molecule has 0 aliphatic heterocycles. The minimum Gasteiger partial charge on any atom is -0.494 e. The average molecular weight is 383 g/mol. The summed E-state index contributed by atoms with van der Waals surface area (Å²) in [4.78, 5) is 12.3. The molecule has 1 amide bonds. The predicted octanol–water partition coefficient (Wildman–Crippen LogP) is 3.27. The first-order chi connectivity index (χ1) is 13.1. The molecule has 3 aromatic rings. The Morgan fingerprint density at radius 3 is 2.89 bits per heavy atom. The Balaban J connectivity index is 1.70. The lowest BCUT2D eigenvalue weighted by Gasteiger charge is -2.10. The van der Waals surface area contributed by atoms with Crippen molar-refractivity contribution in [3.05, 3.63) is 53.6 Å². The van der Waals surface area contributed by atoms with Gasteiger partial charge in [0.1, 0.15) is 11.4 Å². The Bertz CT molecular complexity index is 941. The van der Waals surface area contributed by atoms with E-state index in [-0.39, 0.29) is 11.7 Å². The van der Waals surface area contributed by atoms with Crippen molar-refractivity contribution in [3.8, 4) is 11.4 Å². The number of methoxy groups -OCH3 is 1. The summed E-state index contributed by atoms with van der Waals surface area (Å²) >= 11 is 1.27. The molecule has 27 heavy (non-hydrogen) atoms. The third-order valence-corrected chi connectivity index (χ3v) is 4.87. The number of anilines is 1. The molecule has 0 radical (unpaired) electrons. The van der Waals surface area contributed by atoms with Gasteiger partial charge in [-0.2, -0.15) is 4.68 Å². The number of aromatic nitrogens is 4. The number of hydrogen-bond acceptors (Lipinski definition) is 6. The molecular formula is C19H21N5O2S. The summed E-state index contributed by atoms with van der Waals surface area (Å²) in [5.74, 6) is 0.750. The molecule has 2 aromatic carbocycles. The highest BCUT2D eigenvalue weighted by molar-refractivity contribution is 7.99. The Morgan fingerprint density at radius 1 is 1.26 bits per heavy atom. The van der Waals surface area contributed by atoms with Gasteiger partial charge in [0.05, 0.1) is 12.9 Å². The van der Waals surface area contributed by atoms with Crippen LogP contribution in [0.25, 0.3) is 5.69 Å². The molecule has 0 unspecified atom stereocenters. The van der Waals surface area contributed by atoms with Gasteiger partial charge < -0.3 is 10.1 Å². The van der Waals surface area contributed by atoms with Crippen LogP contribution in [0.1, 0.15) is 18.1 Å². The number of thioether (sulfide) groups is 1. The van der Waals surface area contributed by atoms with Crippen LogP contribution in [0.5, 0.6) is 5.75 Å². The number of rotatable bonds is 7. The quantitative estimate of drug-likeness (QED) is 0.631. The number of ether oxygens (including phenoxy) is 1. The first-order valence-electron chi connectivity index (χ1n) is 8.55. The van der Waals surface area contributed by atoms with E-state index < -0.39 is 0 Å². The van der Waals surface area contributed by atoms with E-state index in [1.165, 1.54) is 17.3 Å². The van der Waals surface area contributed by atoms with Gasteiger partial charge in [-0.05, 0) is 59.2 Å². The van der Waals surface area contributed by atoms with Gasteiger partial charge in [-0.1, -0.05) is 36.9 Å². The summed E-state index contributed by atoms with van der Waals surface area (Å²) in [5, 5.41) is 15.3. The van der Waals surface area contributed by atoms with Crippen LogP contribution in [0.15, 0.2) is 47.6 Å². The number of carbonyl (C=O) groups excluding carboxylic acids is 1. The summed E-state index contributed by atoms with van der Waals surface area (Å²) < 4.78 is 6.99. The third-order valence-electron chi connectivity index (χ3n) is 3.95. The van der Waals surface area contributed by atoms with Crippen LogP contribution < -0.4 is 10.1 Å². The van der Waals surface area contributed by atoms with Gasteiger partial charge in [0.25, 0.3) is 0 Å². The lowest BCUT2D eigenvalue weighted by Crippen LogP contribution is -2.14. The molecule has 1 heterocycles. The van der Waals surface area contributed by atoms with E-state index in [2.05, 4.69) is 27.8 Å². The molecule has 0 bridgehead atoms. The fraction of sp³-hybridized carbons (Fsp3) is 0.263. The van der Waals surface area contributed by atoms with Crippen LogP contribution in [0.2, 0.25) is 0 Å². The maximum atomic E-state index is 12.3. The van der Waals surface area contributed by atoms with Crippen LogP contribution in [0.4, 0.5) is 5.69 Å². The molecule has 0 fully saturated rings. The van der Waals surface area contributed by atoms with Crippen LogP contribution in [0, 0.1) is 6.92 Å². The number of aryl methyl sites for hydroxylation is 2. The van der Waals surface area contributed by atoms with Gasteiger partial charge in [0, 0.05) is 5.69 Å². The third kappa shape index (κ3) is 4.65. The minimum atomic E-state index is -0.112. The zero-order valence-electron chi connectivity index (χ0n) is 15.5. The van der Waals surface area contributed by atoms with E-state index in [1.54, 1.807) is 11.8 Å². The lowest BCUT2D eigenvalue weighted by molar-refractivity contribution is -0.113. The van der Waals surface area contributed by atoms with Crippen LogP contribution in [-0.4, -0.2) is 39.0 Å². The topological polar surface area (TPSA) is 81.9 Å². The molecule has 140 valence electrons. The maximum Gasteiger partial charge on any atom is 0.234 e. The van der Waals surface area contributed by atoms with Crippen molar-refractivity contribution < 1.29 is 9.53 Å². The van der Waals surface area contributed by atoms with E-state index in [0.29, 0.717) is 10.9 Å². The Labute approximate surface area is 162 Å². The van der Waals surface area contributed by atoms with Gasteiger partial charge in [-0.3, -0.25) is 4.79 Å². The molecule has 3 rings (SSSR count). The first kappa shape index (κ1) is 18.9. The van der Waals surface area contributed by atoms with Gasteiger partial charge in [-0.25, -0.2) is 0 Å². The van der Waals surface area contributed by atoms with Crippen molar-refractivity contribution in [2.45, 2.75) is 25.4 Å². The van der Waals surface area contributed by atoms with E-state index in [4.69, 9.17) is 4.74 Å². The monoisotopic (exact) mass is 383 g/mol. The fourth-order valence-electron chi connectivity index (χ4n) is 2.58. The second-order valence-electron chi connectivity index (χ2n) is 5.94. The van der Waals surface area contributed by atoms with Crippen molar-refractivity contribution >= 4 is 23.4 Å². The molecule has 0 spiro atoms. The standard InChI is InChI=1S/C19H21N5O2S/c1-4-14-6-5-7-15(11-14)20-18(25)12-27-19-21-22-23-24(19)16-10-13(2)8-9-17(16)26-3/h5-11H,4,12H2,1-3H3,(H,20,25). The van der Waals surface area contributed by atoms with Crippen LogP contribution >= 0.6 is 11.8 Å². The molecule has 1 aromatic heterocycles. The molecule has 0 saturated heterocycles. The van der Waals surface area contributed by atoms with E-state index in [0.717, 1.165) is 23.4 Å². The normalized spacial score (nSPS) is 10.6. The Kier molecular flexibility index (Phi) is 6.08. The number of tetrazole rings is 1. The fourth-order valence-corrected chi connectivity index (χ4v) is 3.27. The highest BCUT2D eigenvalue weighted by Crippen LogP contribution is 2.27. The largest absolute Gasteiger partial charge is 0.494 e. The maximum absolute atomic E-state index is 12.3. The highest BCUT2D eigenvalue weighted by atomic mass is 32.2. The second-order valence-corrected chi connectivity index (χ2v) is 6.88. The SMILES string of the molecule is CCc1cccc(NC(=O)CSc2nnnn2-c2cc(C)ccc2OC)c1. The number of nitrogens with zero attached hydrogens (tertiary/aromatic N) is 4. The van der Waals surface area contributed by atoms with Crippen LogP contribution in [0.3, 0.4) is 0 Å². The molecule has 0 saturated carbocycles. The molecule has 0 aliphatic rings. The number of hydrogen-bond donors (Lipinski definition) is 1. The summed E-state index contributed by atoms with van der Waals surface area (Å²) in [6.07, 6.45) is 0.922. The first-order valence-corrected chi connectivity index (χ1v) is 9.54. The summed E-state index contributed by atoms with van der Waals surface area (Å²) in [7, 11) is 1.60. The number of amides is 1. The summed E-state index contributed by atoms with van der Waals surface area (Å²) in [6, 6.07) is 13.6. The summed E-state index contributed by atoms with van der Waals surface area (Å²) in [6.45, 7) is 4.06. The summed E-state index contributed by atoms with van der Waals surface area (Å²) in [5.41, 5.74) is 3.77. The van der Waals surface area contributed by atoms with Crippen molar-refractivity contribution in [3.63, 3.8) is 0 Å². The predicted molar refractivity (Wildman–Crippen MR) is 106 cm³/mol. The van der Waals surface area contributed by atoms with Gasteiger partial charge in [0.2, 0.25) is 11.1 Å². The lowest BCUT2D eigenvalue weighted by atomic mass is 10.1. The van der Waals surface area contributed by atoms with E-state index >= 15 is 0 Å². The number of benzene rings is 2. The van der Waals surface area contributed by atoms with Crippen molar-refractivity contribution in [1.82, 2.24) is 20.2 Å². The zero-order valence-corrected chi connectivity index (χ0v) is 16.3. The zero-order chi connectivity index (χ0) is 19.2. The van der Waals surface area contributed by atoms with Crippen molar-refractivity contribution in [1.29, 1.82) is 0 Å². The molecule has 0 aliphatic carbocycles. The smallest absolute Gasteiger partial charge is 0.234 e. The number of nitrogens with one attached hydrogen (secondary N) is 1. The van der Waals surface area contributed by atoms with Crippen LogP contribution in [-0.2, 0) is 11.2 Å². The van der Waals surface area contributed by atoms with E-state index in [9.17, 15) is 4.79 Å². The van der Waals surface area contributed by atoms with Crippen molar-refractivity contribution in [2.24, 2.45) is 0 Å². The molecule has 8 heteroatoms. The minimum absolute atomic E-state index is 0.112. The number of carbonyl (C=O) groups is 1. The average Bonchev–Trinajstić information content (AvgIpc) is 3.15. The van der Waals surface area contributed by atoms with Gasteiger partial charge in [-0.15, -0.1) is 5.10 Å². The van der Waals surface area contributed by atoms with Gasteiger partial charge >= 0.3 is 0 Å². The molecule has 0 atom stereocenters. The second kappa shape index (κ2) is 8.68. The van der Waals surface area contributed by atoms with Gasteiger partial charge in [0.15, 0.2) is 0 Å².